The van der Waals surface area contributed by atoms with Crippen molar-refractivity contribution in [2.45, 2.75) is 51.5 Å². The third kappa shape index (κ3) is 4.99. The molecule has 1 aromatic rings. The highest BCUT2D eigenvalue weighted by atomic mass is 16.6. The highest BCUT2D eigenvalue weighted by molar-refractivity contribution is 5.93. The molecule has 1 aromatic carbocycles. The van der Waals surface area contributed by atoms with E-state index in [2.05, 4.69) is 12.2 Å². The first-order valence-electron chi connectivity index (χ1n) is 9.94. The minimum Gasteiger partial charge on any atom is -0.452 e. The number of nitro groups is 1. The van der Waals surface area contributed by atoms with Crippen LogP contribution in [0.1, 0.15) is 55.8 Å². The number of hydrogen-bond donors (Lipinski definition) is 1. The Balaban J connectivity index is 1.64. The van der Waals surface area contributed by atoms with Crippen LogP contribution >= 0.6 is 0 Å². The summed E-state index contributed by atoms with van der Waals surface area (Å²) in [6.45, 7) is 3.26. The molecule has 0 aromatic heterocycles. The van der Waals surface area contributed by atoms with Crippen LogP contribution in [0.15, 0.2) is 18.2 Å². The van der Waals surface area contributed by atoms with E-state index in [4.69, 9.17) is 4.74 Å². The molecule has 1 N–H and O–H groups in total. The van der Waals surface area contributed by atoms with E-state index >= 15 is 0 Å². The topological polar surface area (TPSA) is 102 Å². The Bertz CT molecular complexity index is 745. The van der Waals surface area contributed by atoms with E-state index in [9.17, 15) is 19.7 Å². The van der Waals surface area contributed by atoms with E-state index in [-0.39, 0.29) is 29.8 Å². The van der Waals surface area contributed by atoms with E-state index < -0.39 is 10.9 Å². The van der Waals surface area contributed by atoms with Crippen molar-refractivity contribution in [1.82, 2.24) is 5.32 Å². The quantitative estimate of drug-likeness (QED) is 0.456. The van der Waals surface area contributed by atoms with Crippen LogP contribution in [0, 0.1) is 16.0 Å². The van der Waals surface area contributed by atoms with Gasteiger partial charge in [-0.05, 0) is 43.7 Å². The molecule has 2 fully saturated rings. The van der Waals surface area contributed by atoms with Gasteiger partial charge in [0, 0.05) is 25.2 Å². The summed E-state index contributed by atoms with van der Waals surface area (Å²) in [5, 5.41) is 14.4. The number of ether oxygens (including phenoxy) is 1. The highest BCUT2D eigenvalue weighted by Crippen LogP contribution is 2.32. The molecule has 3 rings (SSSR count). The van der Waals surface area contributed by atoms with Crippen molar-refractivity contribution in [2.24, 2.45) is 5.92 Å². The Morgan fingerprint density at radius 1 is 1.25 bits per heavy atom. The average molecular weight is 389 g/mol. The van der Waals surface area contributed by atoms with Gasteiger partial charge in [0.25, 0.3) is 11.6 Å². The number of esters is 1. The fourth-order valence-corrected chi connectivity index (χ4v) is 4.03. The minimum atomic E-state index is -0.733. The molecular weight excluding hydrogens is 362 g/mol. The van der Waals surface area contributed by atoms with Crippen LogP contribution in [0.2, 0.25) is 0 Å². The number of benzene rings is 1. The Morgan fingerprint density at radius 2 is 2.00 bits per heavy atom. The molecule has 0 bridgehead atoms. The monoisotopic (exact) mass is 389 g/mol. The maximum Gasteiger partial charge on any atom is 0.338 e. The van der Waals surface area contributed by atoms with Gasteiger partial charge in [-0.25, -0.2) is 4.79 Å². The molecule has 152 valence electrons. The van der Waals surface area contributed by atoms with Crippen molar-refractivity contribution in [3.63, 3.8) is 0 Å². The van der Waals surface area contributed by atoms with Crippen molar-refractivity contribution >= 4 is 23.3 Å². The third-order valence-corrected chi connectivity index (χ3v) is 5.46. The number of nitrogens with one attached hydrogen (secondary N) is 1. The van der Waals surface area contributed by atoms with Gasteiger partial charge in [0.05, 0.1) is 10.5 Å². The molecule has 1 amide bonds. The molecular formula is C20H27N3O5. The first kappa shape index (κ1) is 20.1. The molecule has 0 spiro atoms. The molecule has 8 heteroatoms. The second-order valence-corrected chi connectivity index (χ2v) is 7.78. The second-order valence-electron chi connectivity index (χ2n) is 7.78. The number of carbonyl (C=O) groups is 2. The smallest absolute Gasteiger partial charge is 0.338 e. The molecule has 0 radical (unpaired) electrons. The lowest BCUT2D eigenvalue weighted by molar-refractivity contribution is -0.384. The van der Waals surface area contributed by atoms with Crippen LogP contribution < -0.4 is 10.2 Å². The Labute approximate surface area is 164 Å². The normalized spacial score (nSPS) is 20.0. The summed E-state index contributed by atoms with van der Waals surface area (Å²) in [6, 6.07) is 4.52. The number of amides is 1. The molecule has 2 aliphatic rings. The van der Waals surface area contributed by atoms with Crippen molar-refractivity contribution in [3.05, 3.63) is 33.9 Å². The molecule has 1 unspecified atom stereocenters. The molecule has 1 heterocycles. The van der Waals surface area contributed by atoms with Gasteiger partial charge in [-0.3, -0.25) is 14.9 Å². The van der Waals surface area contributed by atoms with Crippen LogP contribution in [-0.2, 0) is 9.53 Å². The zero-order valence-electron chi connectivity index (χ0n) is 16.2. The summed E-state index contributed by atoms with van der Waals surface area (Å²) in [4.78, 5) is 37.2. The Kier molecular flexibility index (Phi) is 6.49. The molecule has 28 heavy (non-hydrogen) atoms. The number of rotatable bonds is 6. The van der Waals surface area contributed by atoms with E-state index in [1.165, 1.54) is 12.1 Å². The van der Waals surface area contributed by atoms with Gasteiger partial charge < -0.3 is 15.0 Å². The molecule has 1 atom stereocenters. The number of piperidine rings is 1. The zero-order valence-corrected chi connectivity index (χ0v) is 16.2. The van der Waals surface area contributed by atoms with Gasteiger partial charge in [0.2, 0.25) is 0 Å². The Morgan fingerprint density at radius 3 is 2.68 bits per heavy atom. The van der Waals surface area contributed by atoms with Crippen LogP contribution in [0.5, 0.6) is 0 Å². The Hall–Kier alpha value is -2.64. The molecule has 8 nitrogen and oxygen atoms in total. The van der Waals surface area contributed by atoms with Gasteiger partial charge in [-0.1, -0.05) is 19.8 Å². The standard InChI is InChI=1S/C20H27N3O5/c1-14-5-4-10-22(12-14)17-9-8-15(11-18(17)23(26)27)20(25)28-13-19(24)21-16-6-2-3-7-16/h8-9,11,14,16H,2-7,10,12-13H2,1H3,(H,21,24). The van der Waals surface area contributed by atoms with E-state index in [0.717, 1.165) is 51.6 Å². The van der Waals surface area contributed by atoms with E-state index in [1.54, 1.807) is 6.07 Å². The summed E-state index contributed by atoms with van der Waals surface area (Å²) in [5.41, 5.74) is 0.486. The van der Waals surface area contributed by atoms with Gasteiger partial charge in [-0.15, -0.1) is 0 Å². The minimum absolute atomic E-state index is 0.0779. The summed E-state index contributed by atoms with van der Waals surface area (Å²) < 4.78 is 5.05. The van der Waals surface area contributed by atoms with Gasteiger partial charge in [0.1, 0.15) is 5.69 Å². The molecule has 1 aliphatic heterocycles. The summed E-state index contributed by atoms with van der Waals surface area (Å²) in [6.07, 6.45) is 6.17. The van der Waals surface area contributed by atoms with Gasteiger partial charge in [0.15, 0.2) is 6.61 Å². The maximum absolute atomic E-state index is 12.3. The number of nitrogens with zero attached hydrogens (tertiary/aromatic N) is 2. The lowest BCUT2D eigenvalue weighted by Gasteiger charge is -2.32. The zero-order chi connectivity index (χ0) is 20.1. The lowest BCUT2D eigenvalue weighted by atomic mass is 9.99. The summed E-state index contributed by atoms with van der Waals surface area (Å²) in [5.74, 6) is -0.603. The predicted octanol–water partition coefficient (Wildman–Crippen LogP) is 3.05. The molecule has 1 saturated carbocycles. The SMILES string of the molecule is CC1CCCN(c2ccc(C(=O)OCC(=O)NC3CCCC3)cc2[N+](=O)[O-])C1. The lowest BCUT2D eigenvalue weighted by Crippen LogP contribution is -2.36. The second kappa shape index (κ2) is 9.03. The van der Waals surface area contributed by atoms with Crippen molar-refractivity contribution in [3.8, 4) is 0 Å². The van der Waals surface area contributed by atoms with E-state index in [1.807, 2.05) is 4.90 Å². The van der Waals surface area contributed by atoms with Crippen LogP contribution in [-0.4, -0.2) is 42.5 Å². The largest absolute Gasteiger partial charge is 0.452 e. The number of anilines is 1. The van der Waals surface area contributed by atoms with E-state index in [0.29, 0.717) is 11.6 Å². The van der Waals surface area contributed by atoms with Crippen molar-refractivity contribution < 1.29 is 19.2 Å². The molecule has 1 aliphatic carbocycles. The fourth-order valence-electron chi connectivity index (χ4n) is 4.03. The third-order valence-electron chi connectivity index (χ3n) is 5.46. The first-order chi connectivity index (χ1) is 13.4. The maximum atomic E-state index is 12.3. The number of carbonyl (C=O) groups excluding carboxylic acids is 2. The average Bonchev–Trinajstić information content (AvgIpc) is 3.18. The van der Waals surface area contributed by atoms with Gasteiger partial charge in [-0.2, -0.15) is 0 Å². The van der Waals surface area contributed by atoms with Crippen LogP contribution in [0.25, 0.3) is 0 Å². The van der Waals surface area contributed by atoms with Crippen molar-refractivity contribution in [1.29, 1.82) is 0 Å². The first-order valence-corrected chi connectivity index (χ1v) is 9.94. The van der Waals surface area contributed by atoms with Crippen LogP contribution in [0.4, 0.5) is 11.4 Å². The van der Waals surface area contributed by atoms with Gasteiger partial charge >= 0.3 is 5.97 Å². The fraction of sp³-hybridized carbons (Fsp3) is 0.600. The highest BCUT2D eigenvalue weighted by Gasteiger charge is 2.26. The summed E-state index contributed by atoms with van der Waals surface area (Å²) in [7, 11) is 0. The van der Waals surface area contributed by atoms with Crippen molar-refractivity contribution in [2.75, 3.05) is 24.6 Å². The number of nitro benzene ring substituents is 1. The van der Waals surface area contributed by atoms with Crippen LogP contribution in [0.3, 0.4) is 0 Å². The summed E-state index contributed by atoms with van der Waals surface area (Å²) >= 11 is 0. The number of hydrogen-bond acceptors (Lipinski definition) is 6. The predicted molar refractivity (Wildman–Crippen MR) is 104 cm³/mol. The molecule has 1 saturated heterocycles.